The summed E-state index contributed by atoms with van der Waals surface area (Å²) in [6.45, 7) is 0.474. The Balaban J connectivity index is 3.08. The number of aliphatic hydroxyl groups excluding tert-OH is 1. The van der Waals surface area contributed by atoms with E-state index in [4.69, 9.17) is 5.11 Å². The van der Waals surface area contributed by atoms with Crippen molar-refractivity contribution in [2.75, 3.05) is 24.7 Å². The SMILES string of the molecule is CS(=O)(=O)c1cccc(NCCCCO)c1[N+](=O)[O-]. The van der Waals surface area contributed by atoms with Gasteiger partial charge in [-0.1, -0.05) is 6.07 Å². The van der Waals surface area contributed by atoms with Gasteiger partial charge in [-0.05, 0) is 25.0 Å². The van der Waals surface area contributed by atoms with Gasteiger partial charge in [0.2, 0.25) is 0 Å². The maximum atomic E-state index is 11.5. The maximum Gasteiger partial charge on any atom is 0.310 e. The minimum Gasteiger partial charge on any atom is -0.396 e. The molecule has 0 radical (unpaired) electrons. The average molecular weight is 288 g/mol. The van der Waals surface area contributed by atoms with Crippen molar-refractivity contribution >= 4 is 21.2 Å². The predicted molar refractivity (Wildman–Crippen MR) is 71.0 cm³/mol. The lowest BCUT2D eigenvalue weighted by molar-refractivity contribution is -0.386. The van der Waals surface area contributed by atoms with Crippen LogP contribution in [0.4, 0.5) is 11.4 Å². The molecule has 0 atom stereocenters. The largest absolute Gasteiger partial charge is 0.396 e. The van der Waals surface area contributed by atoms with Crippen LogP contribution >= 0.6 is 0 Å². The number of para-hydroxylation sites is 1. The van der Waals surface area contributed by atoms with Gasteiger partial charge in [-0.15, -0.1) is 0 Å². The summed E-state index contributed by atoms with van der Waals surface area (Å²) in [5.41, 5.74) is -0.264. The summed E-state index contributed by atoms with van der Waals surface area (Å²) in [4.78, 5) is 10.0. The number of sulfone groups is 1. The Morgan fingerprint density at radius 3 is 2.58 bits per heavy atom. The van der Waals surface area contributed by atoms with Crippen molar-refractivity contribution in [1.82, 2.24) is 0 Å². The molecule has 0 aliphatic heterocycles. The summed E-state index contributed by atoms with van der Waals surface area (Å²) >= 11 is 0. The maximum absolute atomic E-state index is 11.5. The topological polar surface area (TPSA) is 110 Å². The molecular weight excluding hydrogens is 272 g/mol. The van der Waals surface area contributed by atoms with E-state index in [1.165, 1.54) is 18.2 Å². The van der Waals surface area contributed by atoms with Crippen LogP contribution in [0.5, 0.6) is 0 Å². The lowest BCUT2D eigenvalue weighted by Crippen LogP contribution is -2.08. The number of benzene rings is 1. The van der Waals surface area contributed by atoms with Gasteiger partial charge in [-0.3, -0.25) is 10.1 Å². The quantitative estimate of drug-likeness (QED) is 0.443. The monoisotopic (exact) mass is 288 g/mol. The lowest BCUT2D eigenvalue weighted by atomic mass is 10.2. The molecule has 0 saturated carbocycles. The Hall–Kier alpha value is -1.67. The molecule has 0 fully saturated rings. The van der Waals surface area contributed by atoms with E-state index in [0.717, 1.165) is 6.26 Å². The minimum absolute atomic E-state index is 0.0488. The van der Waals surface area contributed by atoms with Crippen LogP contribution in [0.3, 0.4) is 0 Å². The van der Waals surface area contributed by atoms with E-state index in [0.29, 0.717) is 19.4 Å². The molecule has 0 aliphatic carbocycles. The number of nitrogens with one attached hydrogen (secondary N) is 1. The number of nitrogens with zero attached hydrogens (tertiary/aromatic N) is 1. The zero-order chi connectivity index (χ0) is 14.5. The molecule has 0 unspecified atom stereocenters. The fourth-order valence-electron chi connectivity index (χ4n) is 1.61. The molecule has 1 aromatic carbocycles. The van der Waals surface area contributed by atoms with Crippen molar-refractivity contribution < 1.29 is 18.4 Å². The molecule has 19 heavy (non-hydrogen) atoms. The van der Waals surface area contributed by atoms with Gasteiger partial charge < -0.3 is 10.4 Å². The zero-order valence-corrected chi connectivity index (χ0v) is 11.3. The highest BCUT2D eigenvalue weighted by molar-refractivity contribution is 7.90. The fourth-order valence-corrected chi connectivity index (χ4v) is 2.47. The molecule has 7 nitrogen and oxygen atoms in total. The summed E-state index contributed by atoms with van der Waals surface area (Å²) in [7, 11) is -3.66. The first kappa shape index (κ1) is 15.4. The van der Waals surface area contributed by atoms with Gasteiger partial charge in [0.05, 0.1) is 4.92 Å². The van der Waals surface area contributed by atoms with E-state index < -0.39 is 20.4 Å². The molecular formula is C11H16N2O5S. The Morgan fingerprint density at radius 1 is 1.37 bits per heavy atom. The van der Waals surface area contributed by atoms with E-state index in [1.807, 2.05) is 0 Å². The number of rotatable bonds is 7. The summed E-state index contributed by atoms with van der Waals surface area (Å²) in [6.07, 6.45) is 2.15. The number of aliphatic hydroxyl groups is 1. The average Bonchev–Trinajstić information content (AvgIpc) is 2.33. The first-order valence-corrected chi connectivity index (χ1v) is 7.59. The summed E-state index contributed by atoms with van der Waals surface area (Å²) in [5.74, 6) is 0. The highest BCUT2D eigenvalue weighted by atomic mass is 32.2. The molecule has 2 N–H and O–H groups in total. The number of anilines is 1. The number of nitro groups is 1. The molecule has 1 rings (SSSR count). The summed E-state index contributed by atoms with van der Waals surface area (Å²) in [6, 6.07) is 4.13. The molecule has 0 saturated heterocycles. The van der Waals surface area contributed by atoms with Gasteiger partial charge in [0, 0.05) is 19.4 Å². The predicted octanol–water partition coefficient (Wildman–Crippen LogP) is 1.18. The van der Waals surface area contributed by atoms with Gasteiger partial charge in [0.1, 0.15) is 10.6 Å². The van der Waals surface area contributed by atoms with Crippen LogP contribution in [0.2, 0.25) is 0 Å². The first-order chi connectivity index (χ1) is 8.88. The van der Waals surface area contributed by atoms with E-state index in [2.05, 4.69) is 5.32 Å². The van der Waals surface area contributed by atoms with Crippen LogP contribution in [-0.4, -0.2) is 37.9 Å². The van der Waals surface area contributed by atoms with Crippen LogP contribution < -0.4 is 5.32 Å². The molecule has 106 valence electrons. The van der Waals surface area contributed by atoms with Crippen LogP contribution in [0.25, 0.3) is 0 Å². The van der Waals surface area contributed by atoms with Crippen molar-refractivity contribution in [3.05, 3.63) is 28.3 Å². The first-order valence-electron chi connectivity index (χ1n) is 5.70. The zero-order valence-electron chi connectivity index (χ0n) is 10.5. The third-order valence-corrected chi connectivity index (χ3v) is 3.61. The van der Waals surface area contributed by atoms with Crippen molar-refractivity contribution in [2.45, 2.75) is 17.7 Å². The lowest BCUT2D eigenvalue weighted by Gasteiger charge is -2.09. The van der Waals surface area contributed by atoms with Crippen LogP contribution in [0, 0.1) is 10.1 Å². The molecule has 0 aromatic heterocycles. The molecule has 8 heteroatoms. The van der Waals surface area contributed by atoms with Crippen LogP contribution in [-0.2, 0) is 9.84 Å². The molecule has 0 bridgehead atoms. The Morgan fingerprint density at radius 2 is 2.05 bits per heavy atom. The van der Waals surface area contributed by atoms with Crippen LogP contribution in [0.15, 0.2) is 23.1 Å². The van der Waals surface area contributed by atoms with E-state index >= 15 is 0 Å². The van der Waals surface area contributed by atoms with Crippen molar-refractivity contribution in [1.29, 1.82) is 0 Å². The van der Waals surface area contributed by atoms with E-state index in [-0.39, 0.29) is 17.2 Å². The van der Waals surface area contributed by atoms with Crippen LogP contribution in [0.1, 0.15) is 12.8 Å². The molecule has 0 heterocycles. The van der Waals surface area contributed by atoms with Gasteiger partial charge >= 0.3 is 5.69 Å². The van der Waals surface area contributed by atoms with Crippen molar-refractivity contribution in [3.8, 4) is 0 Å². The fraction of sp³-hybridized carbons (Fsp3) is 0.455. The van der Waals surface area contributed by atoms with Gasteiger partial charge in [0.25, 0.3) is 0 Å². The second kappa shape index (κ2) is 6.48. The number of hydrogen-bond acceptors (Lipinski definition) is 6. The Bertz CT molecular complexity index is 556. The van der Waals surface area contributed by atoms with Gasteiger partial charge in [-0.25, -0.2) is 8.42 Å². The third kappa shape index (κ3) is 4.18. The van der Waals surface area contributed by atoms with Crippen molar-refractivity contribution in [2.24, 2.45) is 0 Å². The smallest absolute Gasteiger partial charge is 0.310 e. The summed E-state index contributed by atoms with van der Waals surface area (Å²) in [5, 5.41) is 22.5. The molecule has 0 spiro atoms. The third-order valence-electron chi connectivity index (χ3n) is 2.48. The highest BCUT2D eigenvalue weighted by Crippen LogP contribution is 2.31. The second-order valence-electron chi connectivity index (χ2n) is 4.04. The van der Waals surface area contributed by atoms with Gasteiger partial charge in [0.15, 0.2) is 9.84 Å². The molecule has 0 aliphatic rings. The van der Waals surface area contributed by atoms with Gasteiger partial charge in [-0.2, -0.15) is 0 Å². The Kier molecular flexibility index (Phi) is 5.25. The van der Waals surface area contributed by atoms with E-state index in [1.54, 1.807) is 0 Å². The number of nitro benzene ring substituents is 1. The number of hydrogen-bond donors (Lipinski definition) is 2. The Labute approximate surface area is 111 Å². The van der Waals surface area contributed by atoms with E-state index in [9.17, 15) is 18.5 Å². The molecule has 0 amide bonds. The molecule has 1 aromatic rings. The number of unbranched alkanes of at least 4 members (excludes halogenated alkanes) is 1. The summed E-state index contributed by atoms with van der Waals surface area (Å²) < 4.78 is 23.0. The standard InChI is InChI=1S/C11H16N2O5S/c1-19(17,18)10-6-4-5-9(11(10)13(15)16)12-7-2-3-8-14/h4-6,12,14H,2-3,7-8H2,1H3. The highest BCUT2D eigenvalue weighted by Gasteiger charge is 2.25. The minimum atomic E-state index is -3.66. The normalized spacial score (nSPS) is 11.3. The second-order valence-corrected chi connectivity index (χ2v) is 6.02. The van der Waals surface area contributed by atoms with Crippen molar-refractivity contribution in [3.63, 3.8) is 0 Å².